The number of hydrogen-bond acceptors (Lipinski definition) is 12. The first-order chi connectivity index (χ1) is 18.6. The summed E-state index contributed by atoms with van der Waals surface area (Å²) in [6.45, 7) is 3.37. The van der Waals surface area contributed by atoms with Crippen LogP contribution in [0.3, 0.4) is 0 Å². The number of methoxy groups -OCH3 is 1. The Morgan fingerprint density at radius 3 is 2.05 bits per heavy atom. The molecule has 5 atom stereocenters. The standard InChI is InChI=1S/C26H30NO11S/c1-15(28)34-21-22(35-16(2)29)24(36-17(3)30)26(38-23(21)25(31)32-4)37-19-11-9-18(10-12-19)14-39-20-8-6-7-13-27(20)33-5/h6-13,21-24,26H,14H2,1-5H3/q+1. The molecule has 39 heavy (non-hydrogen) atoms. The Bertz CT molecular complexity index is 1170. The number of aromatic nitrogens is 1. The van der Waals surface area contributed by atoms with Crippen molar-refractivity contribution in [3.8, 4) is 5.75 Å². The average Bonchev–Trinajstić information content (AvgIpc) is 2.90. The predicted octanol–water partition coefficient (Wildman–Crippen LogP) is 1.40. The average molecular weight is 565 g/mol. The van der Waals surface area contributed by atoms with E-state index in [1.807, 2.05) is 30.3 Å². The van der Waals surface area contributed by atoms with Gasteiger partial charge in [-0.05, 0) is 35.5 Å². The molecule has 0 radical (unpaired) electrons. The number of hydrogen-bond donors (Lipinski definition) is 0. The number of benzene rings is 1. The van der Waals surface area contributed by atoms with Crippen molar-refractivity contribution in [2.24, 2.45) is 0 Å². The van der Waals surface area contributed by atoms with E-state index in [-0.39, 0.29) is 0 Å². The van der Waals surface area contributed by atoms with Gasteiger partial charge in [-0.3, -0.25) is 19.2 Å². The smallest absolute Gasteiger partial charge is 0.339 e. The van der Waals surface area contributed by atoms with Gasteiger partial charge in [0.25, 0.3) is 5.03 Å². The number of thioether (sulfide) groups is 1. The number of carbonyl (C=O) groups excluding carboxylic acids is 4. The van der Waals surface area contributed by atoms with Crippen LogP contribution in [-0.4, -0.2) is 68.8 Å². The number of esters is 4. The molecule has 0 bridgehead atoms. The molecule has 3 rings (SSSR count). The summed E-state index contributed by atoms with van der Waals surface area (Å²) in [5, 5.41) is 0.910. The van der Waals surface area contributed by atoms with E-state index in [2.05, 4.69) is 0 Å². The minimum atomic E-state index is -1.53. The summed E-state index contributed by atoms with van der Waals surface area (Å²) in [5.41, 5.74) is 0.972. The molecular formula is C26H30NO11S+. The summed E-state index contributed by atoms with van der Waals surface area (Å²) in [5.74, 6) is -2.26. The van der Waals surface area contributed by atoms with E-state index in [0.29, 0.717) is 11.5 Å². The van der Waals surface area contributed by atoms with Gasteiger partial charge in [-0.15, -0.1) is 0 Å². The molecule has 0 aliphatic carbocycles. The molecule has 12 nitrogen and oxygen atoms in total. The molecule has 0 saturated carbocycles. The van der Waals surface area contributed by atoms with Crippen LogP contribution in [0.15, 0.2) is 53.7 Å². The van der Waals surface area contributed by atoms with Crippen molar-refractivity contribution >= 4 is 35.6 Å². The van der Waals surface area contributed by atoms with E-state index in [4.69, 9.17) is 33.3 Å². The van der Waals surface area contributed by atoms with Crippen LogP contribution in [0.25, 0.3) is 0 Å². The summed E-state index contributed by atoms with van der Waals surface area (Å²) in [7, 11) is 2.70. The normalized spacial score (nSPS) is 22.2. The van der Waals surface area contributed by atoms with Crippen molar-refractivity contribution in [2.45, 2.75) is 62.3 Å². The van der Waals surface area contributed by atoms with Crippen molar-refractivity contribution in [3.63, 3.8) is 0 Å². The zero-order valence-corrected chi connectivity index (χ0v) is 22.9. The van der Waals surface area contributed by atoms with E-state index in [1.165, 1.54) is 0 Å². The molecule has 210 valence electrons. The van der Waals surface area contributed by atoms with Crippen LogP contribution >= 0.6 is 11.8 Å². The maximum absolute atomic E-state index is 12.5. The first-order valence-corrected chi connectivity index (χ1v) is 12.8. The van der Waals surface area contributed by atoms with E-state index in [1.54, 1.807) is 41.9 Å². The lowest BCUT2D eigenvalue weighted by Crippen LogP contribution is -2.64. The molecule has 0 spiro atoms. The fraction of sp³-hybridized carbons (Fsp3) is 0.423. The van der Waals surface area contributed by atoms with E-state index in [0.717, 1.165) is 38.5 Å². The number of carbonyl (C=O) groups is 4. The van der Waals surface area contributed by atoms with Crippen molar-refractivity contribution in [2.75, 3.05) is 14.2 Å². The van der Waals surface area contributed by atoms with Gasteiger partial charge in [0.05, 0.1) is 7.11 Å². The van der Waals surface area contributed by atoms with Crippen LogP contribution in [0.1, 0.15) is 26.3 Å². The van der Waals surface area contributed by atoms with Crippen LogP contribution in [0.5, 0.6) is 5.75 Å². The molecule has 1 aliphatic heterocycles. The summed E-state index contributed by atoms with van der Waals surface area (Å²) in [6.07, 6.45) is -5.41. The lowest BCUT2D eigenvalue weighted by molar-refractivity contribution is -0.913. The van der Waals surface area contributed by atoms with Crippen LogP contribution in [-0.2, 0) is 48.6 Å². The number of nitrogens with zero attached hydrogens (tertiary/aromatic N) is 1. The minimum absolute atomic E-state index is 0.314. The third kappa shape index (κ3) is 8.07. The van der Waals surface area contributed by atoms with E-state index < -0.39 is 54.6 Å². The SMILES string of the molecule is COC(=O)C1OC(Oc2ccc(CSc3cccc[n+]3OC)cc2)C(OC(C)=O)C(OC(C)=O)C1OC(C)=O. The zero-order valence-electron chi connectivity index (χ0n) is 22.1. The topological polar surface area (TPSA) is 137 Å². The van der Waals surface area contributed by atoms with Crippen molar-refractivity contribution in [3.05, 3.63) is 54.2 Å². The highest BCUT2D eigenvalue weighted by atomic mass is 32.2. The highest BCUT2D eigenvalue weighted by Crippen LogP contribution is 2.31. The molecule has 1 aromatic carbocycles. The van der Waals surface area contributed by atoms with Gasteiger partial charge < -0.3 is 28.4 Å². The molecule has 1 saturated heterocycles. The van der Waals surface area contributed by atoms with Gasteiger partial charge >= 0.3 is 23.9 Å². The summed E-state index contributed by atoms with van der Waals surface area (Å²) >= 11 is 1.56. The summed E-state index contributed by atoms with van der Waals surface area (Å²) < 4.78 is 34.1. The molecule has 2 aromatic rings. The molecular weight excluding hydrogens is 534 g/mol. The van der Waals surface area contributed by atoms with Crippen molar-refractivity contribution in [1.29, 1.82) is 0 Å². The zero-order chi connectivity index (χ0) is 28.5. The number of pyridine rings is 1. The first kappa shape index (κ1) is 29.7. The van der Waals surface area contributed by atoms with Crippen LogP contribution in [0.4, 0.5) is 0 Å². The Kier molecular flexibility index (Phi) is 10.5. The van der Waals surface area contributed by atoms with Gasteiger partial charge in [-0.2, -0.15) is 0 Å². The van der Waals surface area contributed by atoms with Crippen LogP contribution < -0.4 is 14.3 Å². The van der Waals surface area contributed by atoms with Crippen molar-refractivity contribution in [1.82, 2.24) is 0 Å². The monoisotopic (exact) mass is 564 g/mol. The number of ether oxygens (including phenoxy) is 6. The second-order valence-corrected chi connectivity index (χ2v) is 9.26. The second kappa shape index (κ2) is 13.8. The molecule has 1 fully saturated rings. The molecule has 0 amide bonds. The molecule has 13 heteroatoms. The van der Waals surface area contributed by atoms with Gasteiger partial charge in [0.1, 0.15) is 12.9 Å². The Morgan fingerprint density at radius 1 is 0.846 bits per heavy atom. The second-order valence-electron chi connectivity index (χ2n) is 8.27. The highest BCUT2D eigenvalue weighted by Gasteiger charge is 2.55. The first-order valence-electron chi connectivity index (χ1n) is 11.8. The Morgan fingerprint density at radius 2 is 1.46 bits per heavy atom. The fourth-order valence-electron chi connectivity index (χ4n) is 3.81. The van der Waals surface area contributed by atoms with Crippen LogP contribution in [0, 0.1) is 0 Å². The maximum Gasteiger partial charge on any atom is 0.339 e. The lowest BCUT2D eigenvalue weighted by atomic mass is 9.97. The lowest BCUT2D eigenvalue weighted by Gasteiger charge is -2.43. The van der Waals surface area contributed by atoms with Crippen LogP contribution in [0.2, 0.25) is 0 Å². The van der Waals surface area contributed by atoms with Gasteiger partial charge in [0, 0.05) is 43.4 Å². The minimum Gasteiger partial charge on any atom is -0.467 e. The van der Waals surface area contributed by atoms with E-state index >= 15 is 0 Å². The Hall–Kier alpha value is -3.84. The van der Waals surface area contributed by atoms with Gasteiger partial charge in [-0.1, -0.05) is 12.1 Å². The highest BCUT2D eigenvalue weighted by molar-refractivity contribution is 7.98. The molecule has 5 unspecified atom stereocenters. The third-order valence-electron chi connectivity index (χ3n) is 5.38. The predicted molar refractivity (Wildman–Crippen MR) is 133 cm³/mol. The third-order valence-corrected chi connectivity index (χ3v) is 6.47. The fourth-order valence-corrected chi connectivity index (χ4v) is 4.75. The molecule has 2 heterocycles. The summed E-state index contributed by atoms with van der Waals surface area (Å²) in [6, 6.07) is 12.7. The van der Waals surface area contributed by atoms with Gasteiger partial charge in [-0.25, -0.2) is 4.79 Å². The van der Waals surface area contributed by atoms with Crippen molar-refractivity contribution < 1.29 is 57.2 Å². The Labute approximate surface area is 229 Å². The molecule has 1 aromatic heterocycles. The van der Waals surface area contributed by atoms with Gasteiger partial charge in [0.2, 0.25) is 18.6 Å². The molecule has 1 aliphatic rings. The Balaban J connectivity index is 1.84. The van der Waals surface area contributed by atoms with Gasteiger partial charge in [0.15, 0.2) is 18.3 Å². The summed E-state index contributed by atoms with van der Waals surface area (Å²) in [4.78, 5) is 53.5. The number of rotatable bonds is 10. The largest absolute Gasteiger partial charge is 0.467 e. The molecule has 0 N–H and O–H groups in total. The maximum atomic E-state index is 12.5. The van der Waals surface area contributed by atoms with E-state index in [9.17, 15) is 19.2 Å². The quantitative estimate of drug-likeness (QED) is 0.178.